The molecule has 0 aliphatic heterocycles. The molecule has 2 rings (SSSR count). The number of oxazole rings is 1. The van der Waals surface area contributed by atoms with E-state index in [2.05, 4.69) is 15.6 Å². The molecule has 0 saturated carbocycles. The maximum absolute atomic E-state index is 13.9. The number of hydrogen-bond donors (Lipinski definition) is 2. The summed E-state index contributed by atoms with van der Waals surface area (Å²) in [5, 5.41) is 5.13. The van der Waals surface area contributed by atoms with Crippen molar-refractivity contribution >= 4 is 17.6 Å². The van der Waals surface area contributed by atoms with Gasteiger partial charge in [-0.15, -0.1) is 0 Å². The van der Waals surface area contributed by atoms with Crippen molar-refractivity contribution in [2.75, 3.05) is 44.8 Å². The lowest BCUT2D eigenvalue weighted by molar-refractivity contribution is 0.0939. The Morgan fingerprint density at radius 3 is 2.55 bits per heavy atom. The van der Waals surface area contributed by atoms with Crippen LogP contribution in [-0.4, -0.2) is 61.3 Å². The van der Waals surface area contributed by atoms with Crippen LogP contribution in [0, 0.1) is 11.6 Å². The molecule has 182 valence electrons. The number of carbonyl (C=O) groups is 2. The average molecular weight is 469 g/mol. The van der Waals surface area contributed by atoms with Crippen LogP contribution in [0.25, 0.3) is 0 Å². The highest BCUT2D eigenvalue weighted by Crippen LogP contribution is 2.16. The Hall–Kier alpha value is -3.05. The van der Waals surface area contributed by atoms with Gasteiger partial charge in [0, 0.05) is 45.6 Å². The first-order valence-electron chi connectivity index (χ1n) is 10.8. The van der Waals surface area contributed by atoms with Gasteiger partial charge < -0.3 is 29.4 Å². The highest BCUT2D eigenvalue weighted by Gasteiger charge is 2.20. The topological polar surface area (TPSA) is 106 Å². The fourth-order valence-corrected chi connectivity index (χ4v) is 2.80. The van der Waals surface area contributed by atoms with Crippen LogP contribution in [0.5, 0.6) is 0 Å². The first kappa shape index (κ1) is 26.2. The average Bonchev–Trinajstić information content (AvgIpc) is 3.26. The van der Waals surface area contributed by atoms with Gasteiger partial charge >= 0.3 is 6.03 Å². The molecule has 0 bridgehead atoms. The van der Waals surface area contributed by atoms with E-state index >= 15 is 0 Å². The van der Waals surface area contributed by atoms with Gasteiger partial charge in [-0.2, -0.15) is 0 Å². The minimum atomic E-state index is -0.892. The molecule has 1 heterocycles. The molecule has 2 aromatic rings. The zero-order valence-corrected chi connectivity index (χ0v) is 18.9. The Morgan fingerprint density at radius 1 is 1.12 bits per heavy atom. The molecular formula is C22H30F2N4O5. The minimum Gasteiger partial charge on any atom is -0.446 e. The SMILES string of the molecule is CCOCCCNC(=O)c1coc(CN(CCCOCC)C(=O)Nc2ccc(F)cc2F)n1. The van der Waals surface area contributed by atoms with Crippen molar-refractivity contribution in [2.45, 2.75) is 33.2 Å². The number of nitrogens with one attached hydrogen (secondary N) is 2. The number of rotatable bonds is 14. The number of ether oxygens (including phenoxy) is 2. The first-order valence-corrected chi connectivity index (χ1v) is 10.8. The van der Waals surface area contributed by atoms with Crippen molar-refractivity contribution in [1.82, 2.24) is 15.2 Å². The summed E-state index contributed by atoms with van der Waals surface area (Å²) >= 11 is 0. The zero-order chi connectivity index (χ0) is 24.1. The predicted molar refractivity (Wildman–Crippen MR) is 117 cm³/mol. The van der Waals surface area contributed by atoms with Crippen LogP contribution in [0.4, 0.5) is 19.3 Å². The number of nitrogens with zero attached hydrogens (tertiary/aromatic N) is 2. The molecule has 0 aliphatic carbocycles. The number of carbonyl (C=O) groups excluding carboxylic acids is 2. The molecule has 3 amide bonds. The van der Waals surface area contributed by atoms with Crippen molar-refractivity contribution in [3.05, 3.63) is 47.7 Å². The molecule has 0 fully saturated rings. The van der Waals surface area contributed by atoms with E-state index in [1.807, 2.05) is 13.8 Å². The molecule has 9 nitrogen and oxygen atoms in total. The highest BCUT2D eigenvalue weighted by atomic mass is 19.1. The number of aromatic nitrogens is 1. The molecule has 0 saturated heterocycles. The van der Waals surface area contributed by atoms with Crippen LogP contribution >= 0.6 is 0 Å². The Balaban J connectivity index is 1.99. The van der Waals surface area contributed by atoms with Crippen molar-refractivity contribution in [3.63, 3.8) is 0 Å². The van der Waals surface area contributed by atoms with Gasteiger partial charge in [0.25, 0.3) is 5.91 Å². The number of anilines is 1. The Morgan fingerprint density at radius 2 is 1.85 bits per heavy atom. The van der Waals surface area contributed by atoms with Crippen LogP contribution in [0.1, 0.15) is 43.1 Å². The van der Waals surface area contributed by atoms with E-state index in [0.717, 1.165) is 12.1 Å². The van der Waals surface area contributed by atoms with E-state index < -0.39 is 23.6 Å². The van der Waals surface area contributed by atoms with Gasteiger partial charge in [0.2, 0.25) is 5.89 Å². The normalized spacial score (nSPS) is 10.8. The second-order valence-corrected chi connectivity index (χ2v) is 6.96. The third-order valence-corrected chi connectivity index (χ3v) is 4.45. The largest absolute Gasteiger partial charge is 0.446 e. The van der Waals surface area contributed by atoms with Crippen molar-refractivity contribution in [2.24, 2.45) is 0 Å². The summed E-state index contributed by atoms with van der Waals surface area (Å²) in [6.07, 6.45) is 2.39. The van der Waals surface area contributed by atoms with E-state index in [4.69, 9.17) is 13.9 Å². The fraction of sp³-hybridized carbons (Fsp3) is 0.500. The Bertz CT molecular complexity index is 893. The quantitative estimate of drug-likeness (QED) is 0.411. The lowest BCUT2D eigenvalue weighted by Gasteiger charge is -2.22. The first-order chi connectivity index (χ1) is 15.9. The van der Waals surface area contributed by atoms with Gasteiger partial charge in [0.1, 0.15) is 17.9 Å². The van der Waals surface area contributed by atoms with E-state index in [-0.39, 0.29) is 30.4 Å². The predicted octanol–water partition coefficient (Wildman–Crippen LogP) is 3.57. The summed E-state index contributed by atoms with van der Waals surface area (Å²) in [4.78, 5) is 30.4. The van der Waals surface area contributed by atoms with Gasteiger partial charge in [-0.1, -0.05) is 0 Å². The maximum Gasteiger partial charge on any atom is 0.322 e. The van der Waals surface area contributed by atoms with Gasteiger partial charge in [-0.25, -0.2) is 18.6 Å². The van der Waals surface area contributed by atoms with E-state index in [1.54, 1.807) is 0 Å². The number of benzene rings is 1. The number of halogens is 2. The fourth-order valence-electron chi connectivity index (χ4n) is 2.80. The standard InChI is InChI=1S/C22H30F2N4O5/c1-3-31-11-5-9-25-21(29)19-15-33-20(26-19)14-28(10-6-12-32-4-2)22(30)27-18-8-7-16(23)13-17(18)24/h7-8,13,15H,3-6,9-12,14H2,1-2H3,(H,25,29)(H,27,30). The molecule has 2 N–H and O–H groups in total. The van der Waals surface area contributed by atoms with Crippen LogP contribution in [0.2, 0.25) is 0 Å². The van der Waals surface area contributed by atoms with Crippen molar-refractivity contribution in [1.29, 1.82) is 0 Å². The van der Waals surface area contributed by atoms with Crippen LogP contribution in [-0.2, 0) is 16.0 Å². The summed E-state index contributed by atoms with van der Waals surface area (Å²) in [6, 6.07) is 2.24. The lowest BCUT2D eigenvalue weighted by Crippen LogP contribution is -2.36. The molecule has 0 radical (unpaired) electrons. The summed E-state index contributed by atoms with van der Waals surface area (Å²) in [7, 11) is 0. The Labute approximate surface area is 191 Å². The second-order valence-electron chi connectivity index (χ2n) is 6.96. The van der Waals surface area contributed by atoms with Gasteiger partial charge in [0.15, 0.2) is 5.69 Å². The monoisotopic (exact) mass is 468 g/mol. The molecule has 33 heavy (non-hydrogen) atoms. The summed E-state index contributed by atoms with van der Waals surface area (Å²) in [5.41, 5.74) is -0.0728. The maximum atomic E-state index is 13.9. The highest BCUT2D eigenvalue weighted by molar-refractivity contribution is 5.92. The molecule has 0 atom stereocenters. The van der Waals surface area contributed by atoms with Crippen LogP contribution < -0.4 is 10.6 Å². The van der Waals surface area contributed by atoms with Crippen LogP contribution in [0.3, 0.4) is 0 Å². The van der Waals surface area contributed by atoms with E-state index in [9.17, 15) is 18.4 Å². The minimum absolute atomic E-state index is 0.0572. The van der Waals surface area contributed by atoms with Crippen molar-refractivity contribution in [3.8, 4) is 0 Å². The van der Waals surface area contributed by atoms with Crippen molar-refractivity contribution < 1.29 is 32.3 Å². The van der Waals surface area contributed by atoms with Gasteiger partial charge in [0.05, 0.1) is 12.2 Å². The molecule has 11 heteroatoms. The molecule has 0 unspecified atom stereocenters. The molecule has 1 aromatic carbocycles. The van der Waals surface area contributed by atoms with Crippen LogP contribution in [0.15, 0.2) is 28.9 Å². The lowest BCUT2D eigenvalue weighted by atomic mass is 10.3. The number of amides is 3. The molecule has 0 spiro atoms. The molecule has 1 aromatic heterocycles. The summed E-state index contributed by atoms with van der Waals surface area (Å²) < 4.78 is 42.9. The summed E-state index contributed by atoms with van der Waals surface area (Å²) in [5.74, 6) is -1.90. The zero-order valence-electron chi connectivity index (χ0n) is 18.9. The smallest absolute Gasteiger partial charge is 0.322 e. The number of urea groups is 1. The third-order valence-electron chi connectivity index (χ3n) is 4.45. The Kier molecular flexibility index (Phi) is 11.3. The number of hydrogen-bond acceptors (Lipinski definition) is 6. The van der Waals surface area contributed by atoms with E-state index in [1.165, 1.54) is 11.2 Å². The van der Waals surface area contributed by atoms with Gasteiger partial charge in [-0.05, 0) is 38.8 Å². The van der Waals surface area contributed by atoms with Gasteiger partial charge in [-0.3, -0.25) is 4.79 Å². The molecular weight excluding hydrogens is 438 g/mol. The molecule has 0 aliphatic rings. The van der Waals surface area contributed by atoms with E-state index in [0.29, 0.717) is 51.9 Å². The summed E-state index contributed by atoms with van der Waals surface area (Å²) in [6.45, 7) is 6.50. The third kappa shape index (κ3) is 9.15. The second kappa shape index (κ2) is 14.2.